The lowest BCUT2D eigenvalue weighted by Gasteiger charge is -2.29. The van der Waals surface area contributed by atoms with Crippen LogP contribution in [0.1, 0.15) is 12.8 Å². The van der Waals surface area contributed by atoms with E-state index in [1.54, 1.807) is 21.3 Å². The maximum absolute atomic E-state index is 5.51. The first kappa shape index (κ1) is 19.5. The fraction of sp³-hybridized carbons (Fsp3) is 1.00. The van der Waals surface area contributed by atoms with Crippen LogP contribution in [0.3, 0.4) is 0 Å². The fourth-order valence-corrected chi connectivity index (χ4v) is 9.94. The Morgan fingerprint density at radius 3 is 1.74 bits per heavy atom. The molecule has 0 aliphatic carbocycles. The minimum absolute atomic E-state index is 0.353. The number of hydrogen-bond acceptors (Lipinski definition) is 3. The molecule has 0 aliphatic rings. The summed E-state index contributed by atoms with van der Waals surface area (Å²) in [5, 5.41) is 0. The lowest BCUT2D eigenvalue weighted by molar-refractivity contribution is 0.125. The summed E-state index contributed by atoms with van der Waals surface area (Å²) in [6, 6.07) is 5.13. The van der Waals surface area contributed by atoms with Crippen LogP contribution in [0, 0.1) is 0 Å². The average molecular weight is 323 g/mol. The Balaban J connectivity index is 4.07. The SMILES string of the molecule is CO[Si](CC[Si](C)(C)CCCC[SiH](C)C)(OC)OC. The molecular weight excluding hydrogens is 288 g/mol. The highest BCUT2D eigenvalue weighted by Crippen LogP contribution is 2.26. The molecule has 0 spiro atoms. The zero-order chi connectivity index (χ0) is 14.9. The van der Waals surface area contributed by atoms with Crippen molar-refractivity contribution in [3.8, 4) is 0 Å². The van der Waals surface area contributed by atoms with E-state index in [-0.39, 0.29) is 8.80 Å². The molecule has 0 aliphatic heterocycles. The van der Waals surface area contributed by atoms with Crippen LogP contribution in [0.2, 0.25) is 50.4 Å². The summed E-state index contributed by atoms with van der Waals surface area (Å²) in [6.45, 7) is 9.86. The monoisotopic (exact) mass is 322 g/mol. The van der Waals surface area contributed by atoms with Gasteiger partial charge in [0.2, 0.25) is 0 Å². The van der Waals surface area contributed by atoms with Crippen molar-refractivity contribution in [1.29, 1.82) is 0 Å². The molecule has 3 nitrogen and oxygen atoms in total. The topological polar surface area (TPSA) is 27.7 Å². The van der Waals surface area contributed by atoms with Crippen molar-refractivity contribution in [2.45, 2.75) is 63.2 Å². The van der Waals surface area contributed by atoms with E-state index in [2.05, 4.69) is 26.2 Å². The van der Waals surface area contributed by atoms with E-state index >= 15 is 0 Å². The van der Waals surface area contributed by atoms with Crippen molar-refractivity contribution in [2.75, 3.05) is 21.3 Å². The Bertz CT molecular complexity index is 223. The van der Waals surface area contributed by atoms with Crippen molar-refractivity contribution in [3.63, 3.8) is 0 Å². The molecule has 0 unspecified atom stereocenters. The molecule has 0 radical (unpaired) electrons. The van der Waals surface area contributed by atoms with Gasteiger partial charge in [-0.2, -0.15) is 0 Å². The molecule has 0 aromatic carbocycles. The average Bonchev–Trinajstić information content (AvgIpc) is 2.37. The predicted octanol–water partition coefficient (Wildman–Crippen LogP) is 3.84. The predicted molar refractivity (Wildman–Crippen MR) is 91.6 cm³/mol. The van der Waals surface area contributed by atoms with Gasteiger partial charge >= 0.3 is 8.80 Å². The van der Waals surface area contributed by atoms with Crippen molar-refractivity contribution < 1.29 is 13.3 Å². The molecule has 0 heterocycles. The Morgan fingerprint density at radius 1 is 0.789 bits per heavy atom. The molecule has 6 heteroatoms. The van der Waals surface area contributed by atoms with Gasteiger partial charge in [-0.3, -0.25) is 0 Å². The van der Waals surface area contributed by atoms with Crippen LogP contribution in [-0.2, 0) is 13.3 Å². The van der Waals surface area contributed by atoms with Crippen molar-refractivity contribution in [1.82, 2.24) is 0 Å². The Labute approximate surface area is 124 Å². The van der Waals surface area contributed by atoms with Gasteiger partial charge in [0, 0.05) is 44.2 Å². The van der Waals surface area contributed by atoms with Gasteiger partial charge in [-0.1, -0.05) is 57.2 Å². The van der Waals surface area contributed by atoms with Gasteiger partial charge in [0.1, 0.15) is 0 Å². The van der Waals surface area contributed by atoms with Gasteiger partial charge in [0.25, 0.3) is 0 Å². The third-order valence-electron chi connectivity index (χ3n) is 3.93. The van der Waals surface area contributed by atoms with E-state index in [1.165, 1.54) is 31.0 Å². The zero-order valence-electron chi connectivity index (χ0n) is 14.0. The minimum Gasteiger partial charge on any atom is -0.377 e. The van der Waals surface area contributed by atoms with E-state index in [9.17, 15) is 0 Å². The molecule has 0 saturated carbocycles. The van der Waals surface area contributed by atoms with Crippen molar-refractivity contribution >= 4 is 25.7 Å². The van der Waals surface area contributed by atoms with Gasteiger partial charge in [0.15, 0.2) is 0 Å². The largest absolute Gasteiger partial charge is 0.499 e. The molecule has 0 fully saturated rings. The van der Waals surface area contributed by atoms with Crippen molar-refractivity contribution in [2.24, 2.45) is 0 Å². The van der Waals surface area contributed by atoms with Crippen LogP contribution in [0.25, 0.3) is 0 Å². The first-order chi connectivity index (χ1) is 8.81. The standard InChI is InChI=1S/C13H34O3Si3/c1-14-19(15-2,16-3)13-12-18(6,7)11-9-8-10-17(4)5/h17H,8-13H2,1-7H3. The molecule has 0 amide bonds. The van der Waals surface area contributed by atoms with Gasteiger partial charge in [-0.25, -0.2) is 0 Å². The van der Waals surface area contributed by atoms with Crippen molar-refractivity contribution in [3.05, 3.63) is 0 Å². The van der Waals surface area contributed by atoms with Crippen LogP contribution in [0.5, 0.6) is 0 Å². The van der Waals surface area contributed by atoms with E-state index < -0.39 is 16.9 Å². The molecule has 0 saturated heterocycles. The molecule has 19 heavy (non-hydrogen) atoms. The van der Waals surface area contributed by atoms with E-state index in [0.717, 1.165) is 6.04 Å². The summed E-state index contributed by atoms with van der Waals surface area (Å²) >= 11 is 0. The summed E-state index contributed by atoms with van der Waals surface area (Å²) in [5.74, 6) is 0. The number of hydrogen-bond donors (Lipinski definition) is 0. The maximum atomic E-state index is 5.51. The molecule has 0 bridgehead atoms. The third kappa shape index (κ3) is 8.41. The molecule has 0 rings (SSSR count). The highest BCUT2D eigenvalue weighted by Gasteiger charge is 2.39. The van der Waals surface area contributed by atoms with Gasteiger partial charge in [-0.15, -0.1) is 0 Å². The van der Waals surface area contributed by atoms with Crippen LogP contribution in [-0.4, -0.2) is 47.0 Å². The second kappa shape index (κ2) is 9.46. The first-order valence-corrected chi connectivity index (χ1v) is 15.9. The highest BCUT2D eigenvalue weighted by atomic mass is 28.4. The van der Waals surface area contributed by atoms with Crippen LogP contribution >= 0.6 is 0 Å². The summed E-state index contributed by atoms with van der Waals surface area (Å²) in [4.78, 5) is 0. The summed E-state index contributed by atoms with van der Waals surface area (Å²) in [6.07, 6.45) is 2.84. The zero-order valence-corrected chi connectivity index (χ0v) is 17.2. The second-order valence-corrected chi connectivity index (χ2v) is 18.4. The van der Waals surface area contributed by atoms with Crippen LogP contribution < -0.4 is 0 Å². The smallest absolute Gasteiger partial charge is 0.377 e. The van der Waals surface area contributed by atoms with E-state index in [4.69, 9.17) is 13.3 Å². The minimum atomic E-state index is -2.35. The van der Waals surface area contributed by atoms with Gasteiger partial charge in [-0.05, 0) is 0 Å². The molecule has 0 N–H and O–H groups in total. The fourth-order valence-electron chi connectivity index (χ4n) is 2.33. The Morgan fingerprint density at radius 2 is 1.32 bits per heavy atom. The highest BCUT2D eigenvalue weighted by molar-refractivity contribution is 6.79. The lowest BCUT2D eigenvalue weighted by atomic mass is 10.4. The number of unbranched alkanes of at least 4 members (excludes halogenated alkanes) is 1. The summed E-state index contributed by atoms with van der Waals surface area (Å²) in [7, 11) is 1.30. The third-order valence-corrected chi connectivity index (χ3v) is 12.0. The number of rotatable bonds is 11. The molecular formula is C13H34O3Si3. The second-order valence-electron chi connectivity index (χ2n) is 6.60. The summed E-state index contributed by atoms with van der Waals surface area (Å²) < 4.78 is 16.5. The van der Waals surface area contributed by atoms with E-state index in [1.807, 2.05) is 0 Å². The molecule has 0 aromatic heterocycles. The molecule has 0 atom stereocenters. The van der Waals surface area contributed by atoms with Gasteiger partial charge < -0.3 is 13.3 Å². The Kier molecular flexibility index (Phi) is 9.73. The lowest BCUT2D eigenvalue weighted by Crippen LogP contribution is -2.44. The summed E-state index contributed by atoms with van der Waals surface area (Å²) in [5.41, 5.74) is 0. The molecule has 116 valence electrons. The molecule has 0 aromatic rings. The maximum Gasteiger partial charge on any atom is 0.499 e. The van der Waals surface area contributed by atoms with Gasteiger partial charge in [0.05, 0.1) is 0 Å². The van der Waals surface area contributed by atoms with E-state index in [0.29, 0.717) is 0 Å². The first-order valence-electron chi connectivity index (χ1n) is 7.46. The Hall–Kier alpha value is 0.531. The normalized spacial score (nSPS) is 13.3. The quantitative estimate of drug-likeness (QED) is 0.427. The van der Waals surface area contributed by atoms with Crippen LogP contribution in [0.4, 0.5) is 0 Å². The van der Waals surface area contributed by atoms with Crippen LogP contribution in [0.15, 0.2) is 0 Å².